The Morgan fingerprint density at radius 1 is 1.09 bits per heavy atom. The Balaban J connectivity index is 1.31. The fourth-order valence-corrected chi connectivity index (χ4v) is 3.61. The Morgan fingerprint density at radius 3 is 2.59 bits per heavy atom. The predicted molar refractivity (Wildman–Crippen MR) is 123 cm³/mol. The van der Waals surface area contributed by atoms with Crippen molar-refractivity contribution in [2.45, 2.75) is 13.5 Å². The Bertz CT molecular complexity index is 1500. The number of non-ortho nitro benzene ring substituents is 1. The topological polar surface area (TPSA) is 113 Å². The summed E-state index contributed by atoms with van der Waals surface area (Å²) in [4.78, 5) is 23.2. The third-order valence-corrected chi connectivity index (χ3v) is 5.40. The first kappa shape index (κ1) is 21.1. The molecule has 0 spiro atoms. The van der Waals surface area contributed by atoms with Gasteiger partial charge in [-0.05, 0) is 31.2 Å². The normalized spacial score (nSPS) is 11.0. The summed E-state index contributed by atoms with van der Waals surface area (Å²) in [7, 11) is 0. The molecule has 0 atom stereocenters. The Labute approximate surface area is 193 Å². The molecule has 2 aromatic heterocycles. The first-order chi connectivity index (χ1) is 16.5. The summed E-state index contributed by atoms with van der Waals surface area (Å²) in [6, 6.07) is 20.4. The molecule has 0 aliphatic carbocycles. The molecular weight excluding hydrogens is 436 g/mol. The molecule has 2 heterocycles. The van der Waals surface area contributed by atoms with Crippen LogP contribution in [-0.2, 0) is 6.61 Å². The molecule has 0 fully saturated rings. The van der Waals surface area contributed by atoms with Gasteiger partial charge in [-0.2, -0.15) is 0 Å². The number of carbonyl (C=O) groups excluding carboxylic acids is 1. The zero-order chi connectivity index (χ0) is 23.7. The van der Waals surface area contributed by atoms with E-state index in [4.69, 9.17) is 9.15 Å². The van der Waals surface area contributed by atoms with Crippen LogP contribution in [0.25, 0.3) is 16.7 Å². The van der Waals surface area contributed by atoms with Gasteiger partial charge in [0.1, 0.15) is 23.6 Å². The fourth-order valence-electron chi connectivity index (χ4n) is 3.61. The molecule has 0 N–H and O–H groups in total. The number of furan rings is 1. The van der Waals surface area contributed by atoms with Crippen LogP contribution < -0.4 is 4.74 Å². The number of fused-ring (bicyclic) bond motifs is 1. The van der Waals surface area contributed by atoms with Crippen LogP contribution in [-0.4, -0.2) is 25.7 Å². The van der Waals surface area contributed by atoms with Gasteiger partial charge in [-0.1, -0.05) is 35.5 Å². The van der Waals surface area contributed by atoms with Gasteiger partial charge in [-0.25, -0.2) is 4.68 Å². The van der Waals surface area contributed by atoms with Gasteiger partial charge in [0, 0.05) is 34.7 Å². The van der Waals surface area contributed by atoms with Crippen LogP contribution >= 0.6 is 0 Å². The zero-order valence-corrected chi connectivity index (χ0v) is 18.0. The van der Waals surface area contributed by atoms with Crippen molar-refractivity contribution in [3.05, 3.63) is 112 Å². The minimum atomic E-state index is -0.456. The molecule has 0 aliphatic rings. The third kappa shape index (κ3) is 4.02. The molecule has 0 aliphatic heterocycles. The minimum Gasteiger partial charge on any atom is -0.487 e. The molecule has 9 nitrogen and oxygen atoms in total. The van der Waals surface area contributed by atoms with E-state index in [1.54, 1.807) is 36.5 Å². The Kier molecular flexibility index (Phi) is 5.35. The van der Waals surface area contributed by atoms with Crippen molar-refractivity contribution >= 4 is 22.4 Å². The molecule has 3 aromatic carbocycles. The second-order valence-corrected chi connectivity index (χ2v) is 7.63. The number of rotatable bonds is 7. The fraction of sp³-hybridized carbons (Fsp3) is 0.0800. The quantitative estimate of drug-likeness (QED) is 0.192. The van der Waals surface area contributed by atoms with Crippen molar-refractivity contribution in [2.75, 3.05) is 0 Å². The molecule has 5 rings (SSSR count). The Hall–Kier alpha value is -4.79. The Morgan fingerprint density at radius 2 is 1.85 bits per heavy atom. The molecule has 5 aromatic rings. The van der Waals surface area contributed by atoms with Gasteiger partial charge in [-0.15, -0.1) is 5.10 Å². The number of hydrogen-bond acceptors (Lipinski definition) is 7. The second-order valence-electron chi connectivity index (χ2n) is 7.63. The number of nitro groups is 1. The molecule has 0 amide bonds. The number of aromatic nitrogens is 3. The summed E-state index contributed by atoms with van der Waals surface area (Å²) in [6.45, 7) is 2.02. The highest BCUT2D eigenvalue weighted by molar-refractivity contribution is 6.10. The van der Waals surface area contributed by atoms with Gasteiger partial charge in [0.15, 0.2) is 5.76 Å². The number of ether oxygens (including phenoxy) is 1. The smallest absolute Gasteiger partial charge is 0.269 e. The maximum atomic E-state index is 12.8. The first-order valence-corrected chi connectivity index (χ1v) is 10.4. The summed E-state index contributed by atoms with van der Waals surface area (Å²) in [5.74, 6) is 0.703. The van der Waals surface area contributed by atoms with Crippen molar-refractivity contribution in [1.29, 1.82) is 0 Å². The number of ketones is 1. The lowest BCUT2D eigenvalue weighted by Gasteiger charge is -2.03. The molecule has 168 valence electrons. The maximum Gasteiger partial charge on any atom is 0.269 e. The number of hydrogen-bond donors (Lipinski definition) is 0. The minimum absolute atomic E-state index is 0.00426. The van der Waals surface area contributed by atoms with Gasteiger partial charge >= 0.3 is 0 Å². The van der Waals surface area contributed by atoms with Crippen molar-refractivity contribution in [1.82, 2.24) is 15.0 Å². The highest BCUT2D eigenvalue weighted by Gasteiger charge is 2.19. The summed E-state index contributed by atoms with van der Waals surface area (Å²) in [5, 5.41) is 19.8. The molecule has 0 radical (unpaired) electrons. The summed E-state index contributed by atoms with van der Waals surface area (Å²) in [5.41, 5.74) is 3.13. The third-order valence-electron chi connectivity index (χ3n) is 5.40. The number of aryl methyl sites for hydroxylation is 1. The van der Waals surface area contributed by atoms with Crippen LogP contribution in [0.15, 0.2) is 83.4 Å². The van der Waals surface area contributed by atoms with Crippen molar-refractivity contribution in [2.24, 2.45) is 0 Å². The summed E-state index contributed by atoms with van der Waals surface area (Å²) >= 11 is 0. The van der Waals surface area contributed by atoms with E-state index in [-0.39, 0.29) is 18.1 Å². The van der Waals surface area contributed by atoms with Crippen LogP contribution in [0.1, 0.15) is 27.4 Å². The molecule has 0 bridgehead atoms. The number of nitro benzene ring substituents is 1. The van der Waals surface area contributed by atoms with Gasteiger partial charge in [0.25, 0.3) is 5.69 Å². The summed E-state index contributed by atoms with van der Waals surface area (Å²) in [6.07, 6.45) is 1.69. The van der Waals surface area contributed by atoms with Crippen molar-refractivity contribution < 1.29 is 18.9 Å². The average Bonchev–Trinajstić information content (AvgIpc) is 3.47. The molecule has 34 heavy (non-hydrogen) atoms. The highest BCUT2D eigenvalue weighted by atomic mass is 16.6. The van der Waals surface area contributed by atoms with Gasteiger partial charge in [0.2, 0.25) is 5.78 Å². The zero-order valence-electron chi connectivity index (χ0n) is 18.0. The lowest BCUT2D eigenvalue weighted by molar-refractivity contribution is -0.384. The first-order valence-electron chi connectivity index (χ1n) is 10.4. The molecule has 0 saturated carbocycles. The molecule has 9 heteroatoms. The van der Waals surface area contributed by atoms with Crippen LogP contribution in [0.3, 0.4) is 0 Å². The van der Waals surface area contributed by atoms with Gasteiger partial charge < -0.3 is 9.15 Å². The van der Waals surface area contributed by atoms with Crippen molar-refractivity contribution in [3.8, 4) is 11.4 Å². The van der Waals surface area contributed by atoms with Crippen LogP contribution in [0.4, 0.5) is 5.69 Å². The van der Waals surface area contributed by atoms with Crippen LogP contribution in [0.5, 0.6) is 5.75 Å². The van der Waals surface area contributed by atoms with Gasteiger partial charge in [-0.3, -0.25) is 14.9 Å². The van der Waals surface area contributed by atoms with E-state index in [9.17, 15) is 14.9 Å². The molecule has 0 unspecified atom stereocenters. The van der Waals surface area contributed by atoms with Crippen LogP contribution in [0.2, 0.25) is 0 Å². The lowest BCUT2D eigenvalue weighted by atomic mass is 10.0. The maximum absolute atomic E-state index is 12.8. The SMILES string of the molecule is Cc1c(C(=O)c2ccccc2)oc2cc(OCc3cn(-c4ccc([N+](=O)[O-])cc4)nn3)ccc12. The predicted octanol–water partition coefficient (Wildman–Crippen LogP) is 5.04. The highest BCUT2D eigenvalue weighted by Crippen LogP contribution is 2.30. The van der Waals surface area contributed by atoms with E-state index in [1.807, 2.05) is 37.3 Å². The van der Waals surface area contributed by atoms with E-state index < -0.39 is 4.92 Å². The summed E-state index contributed by atoms with van der Waals surface area (Å²) < 4.78 is 13.2. The van der Waals surface area contributed by atoms with E-state index in [1.165, 1.54) is 16.8 Å². The lowest BCUT2D eigenvalue weighted by Crippen LogP contribution is -2.00. The second kappa shape index (κ2) is 8.62. The van der Waals surface area contributed by atoms with E-state index in [0.717, 1.165) is 10.9 Å². The number of nitrogens with zero attached hydrogens (tertiary/aromatic N) is 4. The van der Waals surface area contributed by atoms with E-state index in [2.05, 4.69) is 10.3 Å². The van der Waals surface area contributed by atoms with E-state index in [0.29, 0.717) is 34.0 Å². The number of benzene rings is 3. The standard InChI is InChI=1S/C25H18N4O5/c1-16-22-12-11-21(13-23(22)34-25(16)24(30)17-5-3-2-4-6-17)33-15-18-14-28(27-26-18)19-7-9-20(10-8-19)29(31)32/h2-14H,15H2,1H3. The molecule has 0 saturated heterocycles. The largest absolute Gasteiger partial charge is 0.487 e. The average molecular weight is 454 g/mol. The van der Waals surface area contributed by atoms with E-state index >= 15 is 0 Å². The van der Waals surface area contributed by atoms with Crippen molar-refractivity contribution in [3.63, 3.8) is 0 Å². The monoisotopic (exact) mass is 454 g/mol. The molecular formula is C25H18N4O5. The van der Waals surface area contributed by atoms with Gasteiger partial charge in [0.05, 0.1) is 16.8 Å². The van der Waals surface area contributed by atoms with Crippen LogP contribution in [0, 0.1) is 17.0 Å². The number of carbonyl (C=O) groups is 1.